The summed E-state index contributed by atoms with van der Waals surface area (Å²) in [6.07, 6.45) is 2.77. The van der Waals surface area contributed by atoms with E-state index in [1.54, 1.807) is 31.4 Å². The Labute approximate surface area is 146 Å². The molecule has 2 N–H and O–H groups in total. The predicted octanol–water partition coefficient (Wildman–Crippen LogP) is 2.77. The zero-order chi connectivity index (χ0) is 18.0. The van der Waals surface area contributed by atoms with E-state index in [9.17, 15) is 9.59 Å². The minimum Gasteiger partial charge on any atom is -0.497 e. The van der Waals surface area contributed by atoms with Gasteiger partial charge in [-0.2, -0.15) is 0 Å². The second-order valence-corrected chi connectivity index (χ2v) is 6.38. The van der Waals surface area contributed by atoms with Crippen LogP contribution in [0.15, 0.2) is 29.1 Å². The maximum Gasteiger partial charge on any atom is 0.261 e. The molecule has 0 bridgehead atoms. The average Bonchev–Trinajstić information content (AvgIpc) is 2.61. The lowest BCUT2D eigenvalue weighted by Gasteiger charge is -2.21. The third kappa shape index (κ3) is 3.52. The number of fused-ring (bicyclic) bond motifs is 1. The molecule has 0 radical (unpaired) electrons. The molecule has 0 aliphatic heterocycles. The Hall–Kier alpha value is -2.76. The second kappa shape index (κ2) is 7.01. The summed E-state index contributed by atoms with van der Waals surface area (Å²) in [5.41, 5.74) is 2.23. The van der Waals surface area contributed by atoms with Gasteiger partial charge in [-0.15, -0.1) is 0 Å². The van der Waals surface area contributed by atoms with Crippen LogP contribution in [0.3, 0.4) is 0 Å². The molecule has 25 heavy (non-hydrogen) atoms. The number of ether oxygens (including phenoxy) is 2. The highest BCUT2D eigenvalue weighted by molar-refractivity contribution is 6.05. The Morgan fingerprint density at radius 1 is 1.24 bits per heavy atom. The molecular weight excluding hydrogens is 320 g/mol. The van der Waals surface area contributed by atoms with Crippen molar-refractivity contribution < 1.29 is 14.3 Å². The number of hydrogen-bond acceptors (Lipinski definition) is 4. The van der Waals surface area contributed by atoms with Crippen molar-refractivity contribution in [3.05, 3.63) is 51.4 Å². The smallest absolute Gasteiger partial charge is 0.261 e. The van der Waals surface area contributed by atoms with Gasteiger partial charge < -0.3 is 19.8 Å². The maximum atomic E-state index is 12.6. The summed E-state index contributed by atoms with van der Waals surface area (Å²) < 4.78 is 10.4. The average molecular weight is 342 g/mol. The molecule has 1 aliphatic rings. The summed E-state index contributed by atoms with van der Waals surface area (Å²) in [6.45, 7) is 2.18. The largest absolute Gasteiger partial charge is 0.497 e. The fraction of sp³-hybridized carbons (Fsp3) is 0.368. The maximum absolute atomic E-state index is 12.6. The molecule has 0 saturated carbocycles. The van der Waals surface area contributed by atoms with E-state index >= 15 is 0 Å². The molecule has 6 heteroatoms. The highest BCUT2D eigenvalue weighted by Crippen LogP contribution is 2.29. The zero-order valence-corrected chi connectivity index (χ0v) is 14.6. The number of aromatic amines is 1. The third-order valence-electron chi connectivity index (χ3n) is 4.57. The van der Waals surface area contributed by atoms with Crippen LogP contribution in [0.25, 0.3) is 0 Å². The van der Waals surface area contributed by atoms with E-state index in [1.165, 1.54) is 7.11 Å². The van der Waals surface area contributed by atoms with Crippen molar-refractivity contribution >= 4 is 11.6 Å². The molecule has 2 aromatic rings. The van der Waals surface area contributed by atoms with E-state index in [1.807, 2.05) is 0 Å². The van der Waals surface area contributed by atoms with E-state index < -0.39 is 5.91 Å². The molecule has 3 rings (SSSR count). The normalized spacial score (nSPS) is 16.0. The van der Waals surface area contributed by atoms with Crippen LogP contribution >= 0.6 is 0 Å². The van der Waals surface area contributed by atoms with Gasteiger partial charge in [0.1, 0.15) is 17.1 Å². The Morgan fingerprint density at radius 2 is 2.04 bits per heavy atom. The van der Waals surface area contributed by atoms with Crippen LogP contribution in [0.4, 0.5) is 5.69 Å². The lowest BCUT2D eigenvalue weighted by Crippen LogP contribution is -2.27. The van der Waals surface area contributed by atoms with E-state index in [0.29, 0.717) is 23.1 Å². The SMILES string of the molecule is COc1ccc(NC(=O)c2cc3c([nH]c2=O)CC[C@H](C)C3)c(OC)c1. The fourth-order valence-corrected chi connectivity index (χ4v) is 3.15. The van der Waals surface area contributed by atoms with Gasteiger partial charge in [-0.05, 0) is 48.9 Å². The lowest BCUT2D eigenvalue weighted by atomic mass is 9.87. The van der Waals surface area contributed by atoms with Crippen LogP contribution in [-0.2, 0) is 12.8 Å². The minimum absolute atomic E-state index is 0.116. The molecule has 1 amide bonds. The van der Waals surface area contributed by atoms with Gasteiger partial charge in [0.25, 0.3) is 11.5 Å². The van der Waals surface area contributed by atoms with Crippen molar-refractivity contribution in [2.24, 2.45) is 5.92 Å². The number of methoxy groups -OCH3 is 2. The van der Waals surface area contributed by atoms with E-state index in [2.05, 4.69) is 17.2 Å². The fourth-order valence-electron chi connectivity index (χ4n) is 3.15. The third-order valence-corrected chi connectivity index (χ3v) is 4.57. The molecule has 132 valence electrons. The first kappa shape index (κ1) is 17.1. The van der Waals surface area contributed by atoms with E-state index in [0.717, 1.165) is 30.5 Å². The van der Waals surface area contributed by atoms with Gasteiger partial charge in [0.15, 0.2) is 0 Å². The number of carbonyl (C=O) groups is 1. The summed E-state index contributed by atoms with van der Waals surface area (Å²) in [4.78, 5) is 27.8. The molecule has 1 aliphatic carbocycles. The summed E-state index contributed by atoms with van der Waals surface area (Å²) in [7, 11) is 3.07. The molecule has 0 spiro atoms. The standard InChI is InChI=1S/C19H22N2O4/c1-11-4-6-15-12(8-11)9-14(18(22)20-15)19(23)21-16-7-5-13(24-2)10-17(16)25-3/h5,7,9-11H,4,6,8H2,1-3H3,(H,20,22)(H,21,23)/t11-/m0/s1. The van der Waals surface area contributed by atoms with Crippen molar-refractivity contribution in [3.8, 4) is 11.5 Å². The Kier molecular flexibility index (Phi) is 4.79. The van der Waals surface area contributed by atoms with Gasteiger partial charge >= 0.3 is 0 Å². The molecule has 1 aromatic heterocycles. The van der Waals surface area contributed by atoms with E-state index in [-0.39, 0.29) is 11.1 Å². The summed E-state index contributed by atoms with van der Waals surface area (Å²) in [5, 5.41) is 2.75. The van der Waals surface area contributed by atoms with Crippen LogP contribution in [0.5, 0.6) is 11.5 Å². The van der Waals surface area contributed by atoms with Crippen molar-refractivity contribution in [2.45, 2.75) is 26.2 Å². The van der Waals surface area contributed by atoms with Crippen molar-refractivity contribution in [2.75, 3.05) is 19.5 Å². The Bertz CT molecular complexity index is 857. The molecule has 1 heterocycles. The van der Waals surface area contributed by atoms with Gasteiger partial charge in [0.05, 0.1) is 19.9 Å². The zero-order valence-electron chi connectivity index (χ0n) is 14.6. The number of H-pyrrole nitrogens is 1. The van der Waals surface area contributed by atoms with Crippen LogP contribution in [0.2, 0.25) is 0 Å². The lowest BCUT2D eigenvalue weighted by molar-refractivity contribution is 0.102. The van der Waals surface area contributed by atoms with Gasteiger partial charge in [-0.25, -0.2) is 0 Å². The van der Waals surface area contributed by atoms with Crippen molar-refractivity contribution in [1.29, 1.82) is 0 Å². The van der Waals surface area contributed by atoms with Gasteiger partial charge in [0.2, 0.25) is 0 Å². The number of anilines is 1. The first-order chi connectivity index (χ1) is 12.0. The Morgan fingerprint density at radius 3 is 2.76 bits per heavy atom. The number of pyridine rings is 1. The number of aryl methyl sites for hydroxylation is 1. The van der Waals surface area contributed by atoms with Crippen LogP contribution in [0, 0.1) is 5.92 Å². The molecule has 0 unspecified atom stereocenters. The van der Waals surface area contributed by atoms with Crippen molar-refractivity contribution in [3.63, 3.8) is 0 Å². The van der Waals surface area contributed by atoms with Crippen molar-refractivity contribution in [1.82, 2.24) is 4.98 Å². The monoisotopic (exact) mass is 342 g/mol. The molecule has 1 atom stereocenters. The molecule has 0 fully saturated rings. The van der Waals surface area contributed by atoms with Gasteiger partial charge in [-0.1, -0.05) is 6.92 Å². The Balaban J connectivity index is 1.89. The molecule has 1 aromatic carbocycles. The van der Waals surface area contributed by atoms with Crippen LogP contribution < -0.4 is 20.3 Å². The number of carbonyl (C=O) groups excluding carboxylic acids is 1. The van der Waals surface area contributed by atoms with E-state index in [4.69, 9.17) is 9.47 Å². The molecule has 6 nitrogen and oxygen atoms in total. The van der Waals surface area contributed by atoms with Crippen LogP contribution in [0.1, 0.15) is 35.0 Å². The number of nitrogens with one attached hydrogen (secondary N) is 2. The summed E-state index contributed by atoms with van der Waals surface area (Å²) in [5.74, 6) is 1.19. The second-order valence-electron chi connectivity index (χ2n) is 6.38. The number of hydrogen-bond donors (Lipinski definition) is 2. The molecule has 0 saturated heterocycles. The number of amides is 1. The number of rotatable bonds is 4. The minimum atomic E-state index is -0.453. The highest BCUT2D eigenvalue weighted by Gasteiger charge is 2.20. The first-order valence-corrected chi connectivity index (χ1v) is 8.30. The highest BCUT2D eigenvalue weighted by atomic mass is 16.5. The summed E-state index contributed by atoms with van der Waals surface area (Å²) >= 11 is 0. The molecular formula is C19H22N2O4. The quantitative estimate of drug-likeness (QED) is 0.895. The first-order valence-electron chi connectivity index (χ1n) is 8.30. The number of benzene rings is 1. The number of aromatic nitrogens is 1. The predicted molar refractivity (Wildman–Crippen MR) is 95.8 cm³/mol. The van der Waals surface area contributed by atoms with Crippen LogP contribution in [-0.4, -0.2) is 25.1 Å². The van der Waals surface area contributed by atoms with Gasteiger partial charge in [-0.3, -0.25) is 9.59 Å². The summed E-state index contributed by atoms with van der Waals surface area (Å²) in [6, 6.07) is 6.80. The van der Waals surface area contributed by atoms with Gasteiger partial charge in [0, 0.05) is 11.8 Å². The topological polar surface area (TPSA) is 80.4 Å².